The van der Waals surface area contributed by atoms with Crippen LogP contribution in [0.1, 0.15) is 16.7 Å². The fraction of sp³-hybridized carbons (Fsp3) is 0.235. The summed E-state index contributed by atoms with van der Waals surface area (Å²) in [6, 6.07) is 13.9. The second-order valence-electron chi connectivity index (χ2n) is 5.26. The predicted octanol–water partition coefficient (Wildman–Crippen LogP) is 2.38. The first kappa shape index (κ1) is 13.6. The highest BCUT2D eigenvalue weighted by molar-refractivity contribution is 5.97. The Bertz CT molecular complexity index is 665. The van der Waals surface area contributed by atoms with Crippen LogP contribution in [0, 0.1) is 6.92 Å². The first-order valence-electron chi connectivity index (χ1n) is 6.99. The van der Waals surface area contributed by atoms with Crippen LogP contribution in [0.3, 0.4) is 0 Å². The molecule has 3 rings (SSSR count). The molecular weight excluding hydrogens is 264 g/mol. The van der Waals surface area contributed by atoms with E-state index in [0.29, 0.717) is 13.1 Å². The molecule has 0 saturated carbocycles. The van der Waals surface area contributed by atoms with Gasteiger partial charge in [-0.15, -0.1) is 0 Å². The maximum Gasteiger partial charge on any atom is 0.265 e. The zero-order chi connectivity index (χ0) is 14.8. The summed E-state index contributed by atoms with van der Waals surface area (Å²) in [5, 5.41) is 0. The molecule has 2 N–H and O–H groups in total. The van der Waals surface area contributed by atoms with Gasteiger partial charge < -0.3 is 15.4 Å². The normalized spacial score (nSPS) is 13.8. The number of ether oxygens (including phenoxy) is 1. The summed E-state index contributed by atoms with van der Waals surface area (Å²) < 4.78 is 5.49. The van der Waals surface area contributed by atoms with E-state index in [2.05, 4.69) is 12.1 Å². The molecule has 4 heteroatoms. The summed E-state index contributed by atoms with van der Waals surface area (Å²) in [7, 11) is 0. The summed E-state index contributed by atoms with van der Waals surface area (Å²) >= 11 is 0. The number of nitrogens with two attached hydrogens (primary N) is 1. The topological polar surface area (TPSA) is 55.6 Å². The molecule has 0 saturated heterocycles. The molecule has 0 bridgehead atoms. The smallest absolute Gasteiger partial charge is 0.265 e. The maximum atomic E-state index is 12.2. The number of fused-ring (bicyclic) bond motifs is 1. The third-order valence-electron chi connectivity index (χ3n) is 3.66. The molecule has 1 heterocycles. The van der Waals surface area contributed by atoms with Gasteiger partial charge in [-0.3, -0.25) is 4.79 Å². The van der Waals surface area contributed by atoms with Crippen molar-refractivity contribution in [3.8, 4) is 5.75 Å². The van der Waals surface area contributed by atoms with Gasteiger partial charge in [0.2, 0.25) is 0 Å². The highest BCUT2D eigenvalue weighted by atomic mass is 16.5. The number of aryl methyl sites for hydroxylation is 1. The standard InChI is InChI=1S/C17H18N2O2/c1-12-2-4-13(5-3-12)10-19-15-8-14(9-18)6-7-16(15)21-11-17(19)20/h2-8H,9-11,18H2,1H3. The Morgan fingerprint density at radius 1 is 1.14 bits per heavy atom. The van der Waals surface area contributed by atoms with E-state index in [9.17, 15) is 4.79 Å². The van der Waals surface area contributed by atoms with E-state index < -0.39 is 0 Å². The van der Waals surface area contributed by atoms with Gasteiger partial charge in [-0.1, -0.05) is 35.9 Å². The lowest BCUT2D eigenvalue weighted by Crippen LogP contribution is -2.38. The van der Waals surface area contributed by atoms with Crippen LogP contribution in [0.2, 0.25) is 0 Å². The molecule has 0 radical (unpaired) electrons. The molecule has 1 amide bonds. The highest BCUT2D eigenvalue weighted by Crippen LogP contribution is 2.33. The van der Waals surface area contributed by atoms with Gasteiger partial charge in [-0.25, -0.2) is 0 Å². The highest BCUT2D eigenvalue weighted by Gasteiger charge is 2.25. The molecule has 2 aromatic rings. The van der Waals surface area contributed by atoms with Crippen molar-refractivity contribution in [2.24, 2.45) is 5.73 Å². The average Bonchev–Trinajstić information content (AvgIpc) is 2.51. The van der Waals surface area contributed by atoms with Gasteiger partial charge in [0.05, 0.1) is 12.2 Å². The molecule has 0 atom stereocenters. The van der Waals surface area contributed by atoms with Crippen molar-refractivity contribution in [1.29, 1.82) is 0 Å². The molecule has 0 fully saturated rings. The number of carbonyl (C=O) groups is 1. The predicted molar refractivity (Wildman–Crippen MR) is 82.2 cm³/mol. The van der Waals surface area contributed by atoms with Gasteiger partial charge in [-0.05, 0) is 30.2 Å². The van der Waals surface area contributed by atoms with E-state index >= 15 is 0 Å². The Balaban J connectivity index is 1.94. The van der Waals surface area contributed by atoms with Gasteiger partial charge in [0.15, 0.2) is 6.61 Å². The number of hydrogen-bond donors (Lipinski definition) is 1. The molecule has 21 heavy (non-hydrogen) atoms. The van der Waals surface area contributed by atoms with Crippen LogP contribution in [-0.2, 0) is 17.9 Å². The van der Waals surface area contributed by atoms with Crippen LogP contribution in [0.25, 0.3) is 0 Å². The monoisotopic (exact) mass is 282 g/mol. The molecule has 108 valence electrons. The van der Waals surface area contributed by atoms with E-state index in [1.54, 1.807) is 4.90 Å². The van der Waals surface area contributed by atoms with Crippen molar-refractivity contribution in [2.75, 3.05) is 11.5 Å². The van der Waals surface area contributed by atoms with Crippen molar-refractivity contribution >= 4 is 11.6 Å². The second kappa shape index (κ2) is 5.58. The van der Waals surface area contributed by atoms with Crippen molar-refractivity contribution in [3.05, 3.63) is 59.2 Å². The summed E-state index contributed by atoms with van der Waals surface area (Å²) in [6.07, 6.45) is 0. The first-order valence-corrected chi connectivity index (χ1v) is 6.99. The second-order valence-corrected chi connectivity index (χ2v) is 5.26. The van der Waals surface area contributed by atoms with E-state index in [0.717, 1.165) is 22.6 Å². The minimum absolute atomic E-state index is 0.0303. The Kier molecular flexibility index (Phi) is 3.62. The van der Waals surface area contributed by atoms with Crippen LogP contribution in [0.4, 0.5) is 5.69 Å². The van der Waals surface area contributed by atoms with Crippen LogP contribution in [0.5, 0.6) is 5.75 Å². The molecular formula is C17H18N2O2. The van der Waals surface area contributed by atoms with Gasteiger partial charge in [0.25, 0.3) is 5.91 Å². The minimum atomic E-state index is -0.0303. The van der Waals surface area contributed by atoms with Crippen molar-refractivity contribution in [3.63, 3.8) is 0 Å². The van der Waals surface area contributed by atoms with Crippen LogP contribution >= 0.6 is 0 Å². The Morgan fingerprint density at radius 3 is 2.57 bits per heavy atom. The van der Waals surface area contributed by atoms with Crippen LogP contribution < -0.4 is 15.4 Å². The Labute approximate surface area is 124 Å². The molecule has 0 aromatic heterocycles. The van der Waals surface area contributed by atoms with Gasteiger partial charge in [0.1, 0.15) is 5.75 Å². The first-order chi connectivity index (χ1) is 10.2. The summed E-state index contributed by atoms with van der Waals surface area (Å²) in [5.41, 5.74) is 9.78. The van der Waals surface area contributed by atoms with E-state index in [-0.39, 0.29) is 12.5 Å². The number of amides is 1. The van der Waals surface area contributed by atoms with Crippen LogP contribution in [0.15, 0.2) is 42.5 Å². The number of carbonyl (C=O) groups excluding carboxylic acids is 1. The molecule has 2 aromatic carbocycles. The lowest BCUT2D eigenvalue weighted by Gasteiger charge is -2.30. The zero-order valence-electron chi connectivity index (χ0n) is 12.0. The molecule has 1 aliphatic rings. The lowest BCUT2D eigenvalue weighted by atomic mass is 10.1. The number of nitrogens with zero attached hydrogens (tertiary/aromatic N) is 1. The Morgan fingerprint density at radius 2 is 1.86 bits per heavy atom. The maximum absolute atomic E-state index is 12.2. The zero-order valence-corrected chi connectivity index (χ0v) is 12.0. The summed E-state index contributed by atoms with van der Waals surface area (Å²) in [6.45, 7) is 3.12. The average molecular weight is 282 g/mol. The van der Waals surface area contributed by atoms with Crippen LogP contribution in [-0.4, -0.2) is 12.5 Å². The summed E-state index contributed by atoms with van der Waals surface area (Å²) in [5.74, 6) is 0.705. The number of anilines is 1. The summed E-state index contributed by atoms with van der Waals surface area (Å²) in [4.78, 5) is 14.0. The molecule has 0 aliphatic carbocycles. The molecule has 4 nitrogen and oxygen atoms in total. The van der Waals surface area contributed by atoms with Gasteiger partial charge in [0, 0.05) is 6.54 Å². The van der Waals surface area contributed by atoms with Gasteiger partial charge >= 0.3 is 0 Å². The van der Waals surface area contributed by atoms with Gasteiger partial charge in [-0.2, -0.15) is 0 Å². The van der Waals surface area contributed by atoms with Crippen molar-refractivity contribution in [2.45, 2.75) is 20.0 Å². The largest absolute Gasteiger partial charge is 0.482 e. The van der Waals surface area contributed by atoms with Crippen molar-refractivity contribution < 1.29 is 9.53 Å². The third kappa shape index (κ3) is 2.76. The molecule has 0 unspecified atom stereocenters. The third-order valence-corrected chi connectivity index (χ3v) is 3.66. The number of hydrogen-bond acceptors (Lipinski definition) is 3. The minimum Gasteiger partial charge on any atom is -0.482 e. The van der Waals surface area contributed by atoms with E-state index in [1.807, 2.05) is 37.3 Å². The lowest BCUT2D eigenvalue weighted by molar-refractivity contribution is -0.121. The van der Waals surface area contributed by atoms with Crippen molar-refractivity contribution in [1.82, 2.24) is 0 Å². The van der Waals surface area contributed by atoms with E-state index in [1.165, 1.54) is 5.56 Å². The SMILES string of the molecule is Cc1ccc(CN2C(=O)COc3ccc(CN)cc32)cc1. The number of benzene rings is 2. The Hall–Kier alpha value is -2.33. The fourth-order valence-electron chi connectivity index (χ4n) is 2.42. The molecule has 1 aliphatic heterocycles. The molecule has 0 spiro atoms. The quantitative estimate of drug-likeness (QED) is 0.940. The van der Waals surface area contributed by atoms with E-state index in [4.69, 9.17) is 10.5 Å². The number of rotatable bonds is 3. The fourth-order valence-corrected chi connectivity index (χ4v) is 2.42.